The molecule has 0 unspecified atom stereocenters. The molecule has 0 aliphatic rings. The fraction of sp³-hybridized carbons (Fsp3) is 0.0526. The average molecular weight is 431 g/mol. The van der Waals surface area contributed by atoms with Crippen molar-refractivity contribution in [2.24, 2.45) is 0 Å². The number of aromatic nitrogens is 1. The number of hydrogen-bond acceptors (Lipinski definition) is 4. The monoisotopic (exact) mass is 430 g/mol. The number of halogens is 1. The summed E-state index contributed by atoms with van der Waals surface area (Å²) in [6.07, 6.45) is 3.77. The zero-order valence-electron chi connectivity index (χ0n) is 13.4. The van der Waals surface area contributed by atoms with Crippen LogP contribution in [0.5, 0.6) is 0 Å². The van der Waals surface area contributed by atoms with Crippen LogP contribution in [0.1, 0.15) is 10.4 Å². The number of benzene rings is 2. The lowest BCUT2D eigenvalue weighted by atomic mass is 10.2. The van der Waals surface area contributed by atoms with Crippen LogP contribution in [0, 0.1) is 0 Å². The normalized spacial score (nSPS) is 10.5. The molecule has 1 aromatic heterocycles. The van der Waals surface area contributed by atoms with E-state index in [1.807, 2.05) is 66.9 Å². The zero-order valence-corrected chi connectivity index (χ0v) is 16.6. The molecule has 0 atom stereocenters. The summed E-state index contributed by atoms with van der Waals surface area (Å²) in [5.74, 6) is -0.128. The minimum atomic E-state index is -0.128. The maximum Gasteiger partial charge on any atom is 0.256 e. The molecule has 2 aromatic carbocycles. The Balaban J connectivity index is 1.79. The molecule has 3 rings (SSSR count). The van der Waals surface area contributed by atoms with E-state index >= 15 is 0 Å². The lowest BCUT2D eigenvalue weighted by Crippen LogP contribution is -2.12. The van der Waals surface area contributed by atoms with Gasteiger partial charge in [-0.1, -0.05) is 23.9 Å². The summed E-state index contributed by atoms with van der Waals surface area (Å²) in [5, 5.41) is 3.80. The molecule has 0 fully saturated rings. The maximum atomic E-state index is 12.7. The van der Waals surface area contributed by atoms with Gasteiger partial charge in [0.05, 0.1) is 5.56 Å². The van der Waals surface area contributed by atoms with E-state index in [1.54, 1.807) is 18.0 Å². The number of nitrogens with one attached hydrogen (secondary N) is 1. The van der Waals surface area contributed by atoms with E-state index in [9.17, 15) is 4.79 Å². The topological polar surface area (TPSA) is 42.0 Å². The first-order chi connectivity index (χ1) is 12.2. The molecule has 3 aromatic rings. The van der Waals surface area contributed by atoms with Crippen molar-refractivity contribution in [2.45, 2.75) is 14.8 Å². The summed E-state index contributed by atoms with van der Waals surface area (Å²) in [6, 6.07) is 19.2. The lowest BCUT2D eigenvalue weighted by Gasteiger charge is -2.10. The molecule has 0 aliphatic carbocycles. The molecule has 0 bridgehead atoms. The first-order valence-electron chi connectivity index (χ1n) is 7.49. The van der Waals surface area contributed by atoms with Gasteiger partial charge in [0.2, 0.25) is 0 Å². The van der Waals surface area contributed by atoms with Crippen molar-refractivity contribution in [3.05, 3.63) is 76.9 Å². The Labute approximate surface area is 163 Å². The van der Waals surface area contributed by atoms with Crippen molar-refractivity contribution >= 4 is 51.0 Å². The van der Waals surface area contributed by atoms with Gasteiger partial charge in [-0.15, -0.1) is 11.8 Å². The van der Waals surface area contributed by atoms with Gasteiger partial charge >= 0.3 is 0 Å². The number of thioether (sulfide) groups is 1. The quantitative estimate of drug-likeness (QED) is 0.506. The van der Waals surface area contributed by atoms with Gasteiger partial charge in [-0.25, -0.2) is 4.98 Å². The molecule has 0 aliphatic heterocycles. The zero-order chi connectivity index (χ0) is 17.6. The number of carbonyl (C=O) groups is 1. The van der Waals surface area contributed by atoms with E-state index in [0.717, 1.165) is 25.0 Å². The Kier molecular flexibility index (Phi) is 6.18. The van der Waals surface area contributed by atoms with Crippen LogP contribution in [0.3, 0.4) is 0 Å². The van der Waals surface area contributed by atoms with Crippen molar-refractivity contribution in [1.29, 1.82) is 0 Å². The molecule has 0 spiro atoms. The van der Waals surface area contributed by atoms with Gasteiger partial charge in [0.25, 0.3) is 5.91 Å². The Hall–Kier alpha value is -1.76. The summed E-state index contributed by atoms with van der Waals surface area (Å²) >= 11 is 6.52. The van der Waals surface area contributed by atoms with E-state index in [-0.39, 0.29) is 5.91 Å². The molecule has 0 radical (unpaired) electrons. The summed E-state index contributed by atoms with van der Waals surface area (Å²) < 4.78 is 0.927. The van der Waals surface area contributed by atoms with Crippen LogP contribution in [-0.2, 0) is 0 Å². The van der Waals surface area contributed by atoms with Crippen LogP contribution >= 0.6 is 39.5 Å². The van der Waals surface area contributed by atoms with Crippen LogP contribution in [0.15, 0.2) is 86.2 Å². The van der Waals surface area contributed by atoms with Gasteiger partial charge in [-0.2, -0.15) is 0 Å². The summed E-state index contributed by atoms with van der Waals surface area (Å²) in [6.45, 7) is 0. The SMILES string of the molecule is CSc1ccc(NC(=O)c2ccccc2Sc2ccc(Br)cn2)cc1. The van der Waals surface area contributed by atoms with Crippen molar-refractivity contribution in [2.75, 3.05) is 11.6 Å². The predicted molar refractivity (Wildman–Crippen MR) is 109 cm³/mol. The van der Waals surface area contributed by atoms with E-state index < -0.39 is 0 Å². The molecule has 1 amide bonds. The largest absolute Gasteiger partial charge is 0.322 e. The first-order valence-corrected chi connectivity index (χ1v) is 10.3. The van der Waals surface area contributed by atoms with E-state index in [4.69, 9.17) is 0 Å². The fourth-order valence-electron chi connectivity index (χ4n) is 2.15. The minimum absolute atomic E-state index is 0.128. The summed E-state index contributed by atoms with van der Waals surface area (Å²) in [4.78, 5) is 19.1. The molecule has 1 heterocycles. The molecular weight excluding hydrogens is 416 g/mol. The highest BCUT2D eigenvalue weighted by Crippen LogP contribution is 2.30. The summed E-state index contributed by atoms with van der Waals surface area (Å²) in [7, 11) is 0. The average Bonchev–Trinajstić information content (AvgIpc) is 2.64. The second-order valence-corrected chi connectivity index (χ2v) is 7.95. The number of amides is 1. The van der Waals surface area contributed by atoms with Gasteiger partial charge < -0.3 is 5.32 Å². The second-order valence-electron chi connectivity index (χ2n) is 5.10. The Bertz CT molecular complexity index is 867. The van der Waals surface area contributed by atoms with E-state index in [2.05, 4.69) is 26.2 Å². The van der Waals surface area contributed by atoms with Gasteiger partial charge in [0, 0.05) is 26.1 Å². The number of nitrogens with zero attached hydrogens (tertiary/aromatic N) is 1. The molecule has 0 saturated carbocycles. The van der Waals surface area contributed by atoms with Gasteiger partial charge in [0.15, 0.2) is 0 Å². The Morgan fingerprint density at radius 1 is 1.04 bits per heavy atom. The van der Waals surface area contributed by atoms with Gasteiger partial charge in [-0.05, 0) is 70.7 Å². The van der Waals surface area contributed by atoms with Crippen molar-refractivity contribution < 1.29 is 4.79 Å². The van der Waals surface area contributed by atoms with Crippen LogP contribution in [0.25, 0.3) is 0 Å². The fourth-order valence-corrected chi connectivity index (χ4v) is 3.68. The molecule has 25 heavy (non-hydrogen) atoms. The Morgan fingerprint density at radius 2 is 1.80 bits per heavy atom. The summed E-state index contributed by atoms with van der Waals surface area (Å²) in [5.41, 5.74) is 1.41. The third kappa shape index (κ3) is 4.87. The second kappa shape index (κ2) is 8.56. The molecule has 126 valence electrons. The van der Waals surface area contributed by atoms with Crippen molar-refractivity contribution in [1.82, 2.24) is 4.98 Å². The molecule has 1 N–H and O–H groups in total. The van der Waals surface area contributed by atoms with Crippen LogP contribution < -0.4 is 5.32 Å². The maximum absolute atomic E-state index is 12.7. The number of hydrogen-bond donors (Lipinski definition) is 1. The van der Waals surface area contributed by atoms with Crippen molar-refractivity contribution in [3.63, 3.8) is 0 Å². The smallest absolute Gasteiger partial charge is 0.256 e. The predicted octanol–water partition coefficient (Wildman–Crippen LogP) is 5.97. The van der Waals surface area contributed by atoms with Crippen LogP contribution in [0.2, 0.25) is 0 Å². The number of pyridine rings is 1. The number of anilines is 1. The van der Waals surface area contributed by atoms with Crippen LogP contribution in [-0.4, -0.2) is 17.1 Å². The molecule has 0 saturated heterocycles. The van der Waals surface area contributed by atoms with Crippen molar-refractivity contribution in [3.8, 4) is 0 Å². The minimum Gasteiger partial charge on any atom is -0.322 e. The van der Waals surface area contributed by atoms with Gasteiger partial charge in [-0.3, -0.25) is 4.79 Å². The lowest BCUT2D eigenvalue weighted by molar-refractivity contribution is 0.102. The molecule has 3 nitrogen and oxygen atoms in total. The highest BCUT2D eigenvalue weighted by Gasteiger charge is 2.13. The molecular formula is C19H15BrN2OS2. The van der Waals surface area contributed by atoms with Gasteiger partial charge in [0.1, 0.15) is 5.03 Å². The third-order valence-corrected chi connectivity index (χ3v) is 5.63. The number of rotatable bonds is 5. The number of carbonyl (C=O) groups excluding carboxylic acids is 1. The van der Waals surface area contributed by atoms with E-state index in [0.29, 0.717) is 5.56 Å². The standard InChI is InChI=1S/C19H15BrN2OS2/c1-24-15-9-7-14(8-10-15)22-19(23)16-4-2-3-5-17(16)25-18-11-6-13(20)12-21-18/h2-12H,1H3,(H,22,23). The van der Waals surface area contributed by atoms with Crippen LogP contribution in [0.4, 0.5) is 5.69 Å². The third-order valence-electron chi connectivity index (χ3n) is 3.39. The highest BCUT2D eigenvalue weighted by atomic mass is 79.9. The highest BCUT2D eigenvalue weighted by molar-refractivity contribution is 9.10. The Morgan fingerprint density at radius 3 is 2.48 bits per heavy atom. The first kappa shape index (κ1) is 18.0. The molecule has 6 heteroatoms. The van der Waals surface area contributed by atoms with E-state index in [1.165, 1.54) is 11.8 Å².